The summed E-state index contributed by atoms with van der Waals surface area (Å²) in [6.45, 7) is 12.1. The van der Waals surface area contributed by atoms with Gasteiger partial charge in [-0.3, -0.25) is 37.3 Å². The number of aliphatic hydroxyl groups excluding tert-OH is 1. The molecule has 0 fully saturated rings. The molecule has 0 aliphatic carbocycles. The van der Waals surface area contributed by atoms with Gasteiger partial charge in [0, 0.05) is 25.7 Å². The molecule has 0 saturated heterocycles. The van der Waals surface area contributed by atoms with E-state index < -0.39 is 97.5 Å². The van der Waals surface area contributed by atoms with E-state index >= 15 is 0 Å². The Morgan fingerprint density at radius 2 is 0.481 bits per heavy atom. The fraction of sp³-hybridized carbons (Fsp3) is 0.954. The van der Waals surface area contributed by atoms with Crippen LogP contribution in [0.1, 0.15) is 459 Å². The average molecular weight is 1550 g/mol. The molecule has 0 saturated carbocycles. The van der Waals surface area contributed by atoms with Crippen molar-refractivity contribution in [2.24, 2.45) is 17.8 Å². The second-order valence-electron chi connectivity index (χ2n) is 32.5. The maximum absolute atomic E-state index is 13.1. The van der Waals surface area contributed by atoms with Gasteiger partial charge in [-0.25, -0.2) is 9.13 Å². The van der Waals surface area contributed by atoms with Gasteiger partial charge in [-0.05, 0) is 43.4 Å². The Labute approximate surface area is 651 Å². The summed E-state index contributed by atoms with van der Waals surface area (Å²) < 4.78 is 68.8. The largest absolute Gasteiger partial charge is 0.472 e. The molecule has 17 nitrogen and oxygen atoms in total. The van der Waals surface area contributed by atoms with Gasteiger partial charge in [-0.2, -0.15) is 0 Å². The van der Waals surface area contributed by atoms with Crippen LogP contribution in [0.15, 0.2) is 0 Å². The second kappa shape index (κ2) is 77.0. The number of phosphoric acid groups is 2. The summed E-state index contributed by atoms with van der Waals surface area (Å²) in [6, 6.07) is 0. The molecule has 6 atom stereocenters. The first-order valence-electron chi connectivity index (χ1n) is 44.9. The summed E-state index contributed by atoms with van der Waals surface area (Å²) >= 11 is 0. The van der Waals surface area contributed by atoms with E-state index in [1.54, 1.807) is 0 Å². The molecule has 19 heteroatoms. The quantitative estimate of drug-likeness (QED) is 0.0222. The van der Waals surface area contributed by atoms with Gasteiger partial charge in [0.25, 0.3) is 0 Å². The molecule has 0 aromatic heterocycles. The summed E-state index contributed by atoms with van der Waals surface area (Å²) in [5.41, 5.74) is 0. The molecule has 630 valence electrons. The predicted molar refractivity (Wildman–Crippen MR) is 437 cm³/mol. The maximum Gasteiger partial charge on any atom is 0.472 e. The molecular formula is C87H170O17P2. The molecule has 3 unspecified atom stereocenters. The molecule has 0 rings (SSSR count). The Morgan fingerprint density at radius 3 is 0.717 bits per heavy atom. The van der Waals surface area contributed by atoms with E-state index in [1.807, 2.05) is 0 Å². The highest BCUT2D eigenvalue weighted by Crippen LogP contribution is 2.45. The topological polar surface area (TPSA) is 237 Å². The van der Waals surface area contributed by atoms with Gasteiger partial charge in [0.2, 0.25) is 0 Å². The van der Waals surface area contributed by atoms with E-state index in [9.17, 15) is 43.2 Å². The van der Waals surface area contributed by atoms with Crippen LogP contribution < -0.4 is 0 Å². The summed E-state index contributed by atoms with van der Waals surface area (Å²) in [4.78, 5) is 73.1. The minimum Gasteiger partial charge on any atom is -0.462 e. The van der Waals surface area contributed by atoms with Gasteiger partial charge in [0.05, 0.1) is 26.4 Å². The predicted octanol–water partition coefficient (Wildman–Crippen LogP) is 26.5. The fourth-order valence-corrected chi connectivity index (χ4v) is 15.1. The summed E-state index contributed by atoms with van der Waals surface area (Å²) in [7, 11) is -9.93. The molecule has 106 heavy (non-hydrogen) atoms. The van der Waals surface area contributed by atoms with Gasteiger partial charge >= 0.3 is 39.5 Å². The molecule has 0 amide bonds. The van der Waals surface area contributed by atoms with E-state index in [0.29, 0.717) is 25.7 Å². The molecule has 0 spiro atoms. The molecule has 0 heterocycles. The van der Waals surface area contributed by atoms with Gasteiger partial charge in [0.15, 0.2) is 12.2 Å². The normalized spacial score (nSPS) is 14.1. The first-order valence-corrected chi connectivity index (χ1v) is 47.9. The highest BCUT2D eigenvalue weighted by atomic mass is 31.2. The van der Waals surface area contributed by atoms with Crippen LogP contribution >= 0.6 is 15.6 Å². The first kappa shape index (κ1) is 104. The average Bonchev–Trinajstić information content (AvgIpc) is 0.905. The number of rotatable bonds is 85. The van der Waals surface area contributed by atoms with Crippen LogP contribution in [0.4, 0.5) is 0 Å². The molecule has 0 bridgehead atoms. The van der Waals surface area contributed by atoms with Crippen LogP contribution in [0, 0.1) is 17.8 Å². The molecular weight excluding hydrogens is 1380 g/mol. The van der Waals surface area contributed by atoms with E-state index in [2.05, 4.69) is 48.5 Å². The number of hydrogen-bond acceptors (Lipinski definition) is 15. The zero-order valence-corrected chi connectivity index (χ0v) is 71.7. The first-order chi connectivity index (χ1) is 51.3. The van der Waals surface area contributed by atoms with Crippen LogP contribution in [-0.4, -0.2) is 96.7 Å². The number of unbranched alkanes of at least 4 members (excludes halogenated alkanes) is 52. The molecule has 3 N–H and O–H groups in total. The zero-order chi connectivity index (χ0) is 77.9. The van der Waals surface area contributed by atoms with Crippen molar-refractivity contribution in [1.82, 2.24) is 0 Å². The minimum atomic E-state index is -4.97. The third kappa shape index (κ3) is 78.7. The van der Waals surface area contributed by atoms with Crippen molar-refractivity contribution in [3.8, 4) is 0 Å². The highest BCUT2D eigenvalue weighted by molar-refractivity contribution is 7.47. The Kier molecular flexibility index (Phi) is 75.6. The van der Waals surface area contributed by atoms with Crippen LogP contribution in [0.2, 0.25) is 0 Å². The summed E-state index contributed by atoms with van der Waals surface area (Å²) in [6.07, 6.45) is 68.1. The lowest BCUT2D eigenvalue weighted by molar-refractivity contribution is -0.161. The number of ether oxygens (including phenoxy) is 4. The number of carbonyl (C=O) groups excluding carboxylic acids is 4. The Hall–Kier alpha value is -1.94. The molecule has 0 aliphatic rings. The van der Waals surface area contributed by atoms with E-state index in [0.717, 1.165) is 114 Å². The van der Waals surface area contributed by atoms with Crippen LogP contribution in [-0.2, 0) is 65.4 Å². The van der Waals surface area contributed by atoms with Gasteiger partial charge in [-0.15, -0.1) is 0 Å². The van der Waals surface area contributed by atoms with Gasteiger partial charge in [0.1, 0.15) is 19.3 Å². The van der Waals surface area contributed by atoms with E-state index in [4.69, 9.17) is 37.0 Å². The maximum atomic E-state index is 13.1. The van der Waals surface area contributed by atoms with Gasteiger partial charge in [-0.1, -0.05) is 408 Å². The summed E-state index contributed by atoms with van der Waals surface area (Å²) in [5.74, 6) is 0.373. The number of hydrogen-bond donors (Lipinski definition) is 3. The van der Waals surface area contributed by atoms with Crippen molar-refractivity contribution >= 4 is 39.5 Å². The van der Waals surface area contributed by atoms with Crippen molar-refractivity contribution in [2.45, 2.75) is 478 Å². The van der Waals surface area contributed by atoms with Gasteiger partial charge < -0.3 is 33.8 Å². The number of carbonyl (C=O) groups is 4. The van der Waals surface area contributed by atoms with Crippen LogP contribution in [0.25, 0.3) is 0 Å². The Balaban J connectivity index is 5.19. The lowest BCUT2D eigenvalue weighted by Crippen LogP contribution is -2.30. The Bertz CT molecular complexity index is 2050. The number of phosphoric ester groups is 2. The van der Waals surface area contributed by atoms with Crippen molar-refractivity contribution in [2.75, 3.05) is 39.6 Å². The standard InChI is InChI=1S/C87H170O17P2/c1-8-10-11-12-13-47-54-61-68-84(89)97-74-82(103-86(91)71-64-57-50-43-37-31-25-24-27-33-39-45-52-59-66-79(5)6)76-101-105(93,94)99-72-81(88)73-100-106(95,96)102-77-83(75-98-85(90)69-62-55-48-41-35-29-22-19-18-20-26-32-38-44-51-58-65-78(3)4)104-87(92)70-63-56-49-42-36-30-23-17-15-14-16-21-28-34-40-46-53-60-67-80(7)9-2/h78-83,88H,8-77H2,1-7H3,(H,93,94)(H,95,96)/t80?,81-,82+,83+/m0/s1. The van der Waals surface area contributed by atoms with E-state index in [-0.39, 0.29) is 25.7 Å². The van der Waals surface area contributed by atoms with Crippen molar-refractivity contribution in [3.05, 3.63) is 0 Å². The second-order valence-corrected chi connectivity index (χ2v) is 35.4. The molecule has 0 aromatic rings. The third-order valence-electron chi connectivity index (χ3n) is 20.7. The monoisotopic (exact) mass is 1550 g/mol. The lowest BCUT2D eigenvalue weighted by atomic mass is 9.99. The lowest BCUT2D eigenvalue weighted by Gasteiger charge is -2.21. The highest BCUT2D eigenvalue weighted by Gasteiger charge is 2.31. The zero-order valence-electron chi connectivity index (χ0n) is 69.9. The number of esters is 4. The van der Waals surface area contributed by atoms with Crippen molar-refractivity contribution < 1.29 is 80.2 Å². The minimum absolute atomic E-state index is 0.107. The molecule has 0 aliphatic heterocycles. The van der Waals surface area contributed by atoms with Crippen molar-refractivity contribution in [3.63, 3.8) is 0 Å². The third-order valence-corrected chi connectivity index (χ3v) is 22.6. The molecule has 0 radical (unpaired) electrons. The summed E-state index contributed by atoms with van der Waals surface area (Å²) in [5, 5.41) is 10.7. The van der Waals surface area contributed by atoms with Crippen LogP contribution in [0.5, 0.6) is 0 Å². The SMILES string of the molecule is CCCCCCCCCCC(=O)OC[C@H](COP(=O)(O)OC[C@H](O)COP(=O)(O)OC[C@@H](COC(=O)CCCCCCCCCCCCCCCCCCC(C)C)OC(=O)CCCCCCCCCCCCCCCCCCCCC(C)CC)OC(=O)CCCCCCCCCCCCCCCCC(C)C. The Morgan fingerprint density at radius 1 is 0.274 bits per heavy atom. The van der Waals surface area contributed by atoms with E-state index in [1.165, 1.54) is 263 Å². The van der Waals surface area contributed by atoms with Crippen molar-refractivity contribution in [1.29, 1.82) is 0 Å². The smallest absolute Gasteiger partial charge is 0.462 e. The number of aliphatic hydroxyl groups is 1. The van der Waals surface area contributed by atoms with Crippen LogP contribution in [0.3, 0.4) is 0 Å². The molecule has 0 aromatic carbocycles. The fourth-order valence-electron chi connectivity index (χ4n) is 13.5.